The van der Waals surface area contributed by atoms with Crippen molar-refractivity contribution in [3.8, 4) is 11.3 Å². The van der Waals surface area contributed by atoms with Crippen LogP contribution in [0.5, 0.6) is 0 Å². The first kappa shape index (κ1) is 18.4. The highest BCUT2D eigenvalue weighted by atomic mass is 35.5. The summed E-state index contributed by atoms with van der Waals surface area (Å²) in [4.78, 5) is 12.4. The van der Waals surface area contributed by atoms with Crippen molar-refractivity contribution >= 4 is 34.0 Å². The van der Waals surface area contributed by atoms with Crippen LogP contribution in [0.2, 0.25) is 5.02 Å². The van der Waals surface area contributed by atoms with Crippen molar-refractivity contribution in [2.45, 2.75) is 5.75 Å². The van der Waals surface area contributed by atoms with Crippen molar-refractivity contribution in [1.82, 2.24) is 0 Å². The van der Waals surface area contributed by atoms with Crippen LogP contribution in [0.4, 0.5) is 10.1 Å². The number of halogens is 2. The van der Waals surface area contributed by atoms with Gasteiger partial charge in [-0.1, -0.05) is 23.7 Å². The van der Waals surface area contributed by atoms with Gasteiger partial charge in [-0.2, -0.15) is 0 Å². The van der Waals surface area contributed by atoms with Crippen LogP contribution in [0.1, 0.15) is 16.1 Å². The average Bonchev–Trinajstić information content (AvgIpc) is 3.08. The number of anilines is 1. The molecule has 0 spiro atoms. The molecule has 0 bridgehead atoms. The van der Waals surface area contributed by atoms with Gasteiger partial charge in [0.25, 0.3) is 5.91 Å². The topological polar surface area (TPSA) is 59.3 Å². The van der Waals surface area contributed by atoms with E-state index in [1.165, 1.54) is 12.1 Å². The van der Waals surface area contributed by atoms with Crippen LogP contribution >= 0.6 is 11.6 Å². The molecule has 0 saturated heterocycles. The average molecular weight is 392 g/mol. The maximum Gasteiger partial charge on any atom is 0.291 e. The van der Waals surface area contributed by atoms with Gasteiger partial charge in [-0.05, 0) is 48.0 Å². The number of furan rings is 1. The Kier molecular flexibility index (Phi) is 5.54. The van der Waals surface area contributed by atoms with Gasteiger partial charge in [0.1, 0.15) is 11.6 Å². The molecular weight excluding hydrogens is 377 g/mol. The number of hydrogen-bond acceptors (Lipinski definition) is 3. The van der Waals surface area contributed by atoms with Crippen molar-refractivity contribution in [3.63, 3.8) is 0 Å². The van der Waals surface area contributed by atoms with Crippen LogP contribution in [0.3, 0.4) is 0 Å². The van der Waals surface area contributed by atoms with Crippen molar-refractivity contribution in [3.05, 3.63) is 76.8 Å². The molecule has 0 aliphatic carbocycles. The Bertz CT molecular complexity index is 986. The van der Waals surface area contributed by atoms with E-state index in [0.717, 1.165) is 0 Å². The summed E-state index contributed by atoms with van der Waals surface area (Å²) in [6.45, 7) is 0. The summed E-state index contributed by atoms with van der Waals surface area (Å²) in [7, 11) is -1.06. The van der Waals surface area contributed by atoms with Gasteiger partial charge in [-0.25, -0.2) is 4.39 Å². The smallest absolute Gasteiger partial charge is 0.291 e. The summed E-state index contributed by atoms with van der Waals surface area (Å²) in [5.74, 6) is -0.284. The molecule has 0 fully saturated rings. The molecule has 3 rings (SSSR count). The first-order chi connectivity index (χ1) is 12.4. The van der Waals surface area contributed by atoms with Crippen LogP contribution in [0.15, 0.2) is 59.0 Å². The number of carbonyl (C=O) groups excluding carboxylic acids is 1. The number of benzene rings is 2. The number of nitrogens with one attached hydrogen (secondary N) is 1. The fourth-order valence-electron chi connectivity index (χ4n) is 2.44. The lowest BCUT2D eigenvalue weighted by Crippen LogP contribution is -2.11. The van der Waals surface area contributed by atoms with E-state index in [9.17, 15) is 13.4 Å². The molecule has 1 N–H and O–H groups in total. The van der Waals surface area contributed by atoms with Gasteiger partial charge in [0.2, 0.25) is 0 Å². The second-order valence-electron chi connectivity index (χ2n) is 5.62. The molecule has 0 aliphatic rings. The third kappa shape index (κ3) is 4.20. The summed E-state index contributed by atoms with van der Waals surface area (Å²) >= 11 is 6.08. The van der Waals surface area contributed by atoms with Crippen LogP contribution < -0.4 is 5.32 Å². The van der Waals surface area contributed by atoms with Crippen molar-refractivity contribution in [1.29, 1.82) is 0 Å². The highest BCUT2D eigenvalue weighted by molar-refractivity contribution is 7.83. The minimum absolute atomic E-state index is 0.0545. The zero-order valence-corrected chi connectivity index (χ0v) is 15.4. The summed E-state index contributed by atoms with van der Waals surface area (Å²) in [6, 6.07) is 14.1. The largest absolute Gasteiger partial charge is 0.451 e. The molecule has 0 radical (unpaired) electrons. The zero-order chi connectivity index (χ0) is 18.7. The molecule has 1 heterocycles. The van der Waals surface area contributed by atoms with E-state index in [-0.39, 0.29) is 17.1 Å². The lowest BCUT2D eigenvalue weighted by molar-refractivity contribution is 0.0997. The van der Waals surface area contributed by atoms with E-state index in [1.54, 1.807) is 48.7 Å². The normalized spacial score (nSPS) is 12.0. The third-order valence-corrected chi connectivity index (χ3v) is 4.72. The summed E-state index contributed by atoms with van der Waals surface area (Å²) in [5.41, 5.74) is 1.46. The molecule has 0 aliphatic heterocycles. The molecule has 26 heavy (non-hydrogen) atoms. The summed E-state index contributed by atoms with van der Waals surface area (Å²) in [6.07, 6.45) is 1.58. The van der Waals surface area contributed by atoms with Gasteiger partial charge >= 0.3 is 0 Å². The minimum Gasteiger partial charge on any atom is -0.451 e. The maximum atomic E-state index is 13.8. The molecule has 1 aromatic heterocycles. The molecule has 134 valence electrons. The summed E-state index contributed by atoms with van der Waals surface area (Å²) in [5, 5.41) is 3.18. The molecule has 1 unspecified atom stereocenters. The fraction of sp³-hybridized carbons (Fsp3) is 0.105. The van der Waals surface area contributed by atoms with Gasteiger partial charge in [0.05, 0.1) is 5.56 Å². The second kappa shape index (κ2) is 7.85. The molecule has 2 aromatic carbocycles. The van der Waals surface area contributed by atoms with Crippen molar-refractivity contribution < 1.29 is 17.8 Å². The standard InChI is InChI=1S/C19H15ClFNO3S/c1-26(24)11-12-10-13(6-7-15(12)20)22-19(23)18-9-8-17(25-18)14-4-2-3-5-16(14)21/h2-10H,11H2,1H3,(H,22,23). The minimum atomic E-state index is -1.06. The molecular formula is C19H15ClFNO3S. The molecule has 4 nitrogen and oxygen atoms in total. The SMILES string of the molecule is CS(=O)Cc1cc(NC(=O)c2ccc(-c3ccccc3F)o2)ccc1Cl. The van der Waals surface area contributed by atoms with Gasteiger partial charge in [0, 0.05) is 33.5 Å². The second-order valence-corrected chi connectivity index (χ2v) is 7.46. The Morgan fingerprint density at radius 3 is 2.69 bits per heavy atom. The Hall–Kier alpha value is -2.44. The van der Waals surface area contributed by atoms with Crippen LogP contribution in [-0.2, 0) is 16.6 Å². The lowest BCUT2D eigenvalue weighted by Gasteiger charge is -2.07. The first-order valence-corrected chi connectivity index (χ1v) is 9.79. The Morgan fingerprint density at radius 1 is 1.19 bits per heavy atom. The highest BCUT2D eigenvalue weighted by Gasteiger charge is 2.15. The van der Waals surface area contributed by atoms with E-state index in [4.69, 9.17) is 16.0 Å². The van der Waals surface area contributed by atoms with Gasteiger partial charge in [-0.3, -0.25) is 9.00 Å². The van der Waals surface area contributed by atoms with Crippen molar-refractivity contribution in [2.75, 3.05) is 11.6 Å². The predicted molar refractivity (Wildman–Crippen MR) is 101 cm³/mol. The molecule has 0 saturated carbocycles. The van der Waals surface area contributed by atoms with E-state index in [0.29, 0.717) is 22.0 Å². The maximum absolute atomic E-state index is 13.8. The number of rotatable bonds is 5. The molecule has 1 atom stereocenters. The third-order valence-electron chi connectivity index (χ3n) is 3.63. The van der Waals surface area contributed by atoms with E-state index in [2.05, 4.69) is 5.32 Å². The van der Waals surface area contributed by atoms with E-state index >= 15 is 0 Å². The number of hydrogen-bond donors (Lipinski definition) is 1. The zero-order valence-electron chi connectivity index (χ0n) is 13.8. The highest BCUT2D eigenvalue weighted by Crippen LogP contribution is 2.26. The van der Waals surface area contributed by atoms with Gasteiger partial charge in [0.15, 0.2) is 5.76 Å². The fourth-order valence-corrected chi connectivity index (χ4v) is 3.38. The predicted octanol–water partition coefficient (Wildman–Crippen LogP) is 4.87. The Balaban J connectivity index is 1.79. The Labute approximate surface area is 157 Å². The van der Waals surface area contributed by atoms with Crippen LogP contribution in [0, 0.1) is 5.82 Å². The molecule has 7 heteroatoms. The van der Waals surface area contributed by atoms with Gasteiger partial charge in [-0.15, -0.1) is 0 Å². The Morgan fingerprint density at radius 2 is 1.96 bits per heavy atom. The van der Waals surface area contributed by atoms with Crippen molar-refractivity contribution in [2.24, 2.45) is 0 Å². The van der Waals surface area contributed by atoms with Gasteiger partial charge < -0.3 is 9.73 Å². The molecule has 1 amide bonds. The monoisotopic (exact) mass is 391 g/mol. The summed E-state index contributed by atoms with van der Waals surface area (Å²) < 4.78 is 30.7. The van der Waals surface area contributed by atoms with E-state index < -0.39 is 22.5 Å². The quantitative estimate of drug-likeness (QED) is 0.675. The van der Waals surface area contributed by atoms with E-state index in [1.807, 2.05) is 0 Å². The first-order valence-electron chi connectivity index (χ1n) is 7.68. The molecule has 3 aromatic rings. The number of amides is 1. The number of carbonyl (C=O) groups is 1. The van der Waals surface area contributed by atoms with Crippen LogP contribution in [0.25, 0.3) is 11.3 Å². The van der Waals surface area contributed by atoms with Crippen LogP contribution in [-0.4, -0.2) is 16.4 Å². The lowest BCUT2D eigenvalue weighted by atomic mass is 10.1.